The van der Waals surface area contributed by atoms with Crippen molar-refractivity contribution in [2.45, 2.75) is 30.4 Å². The van der Waals surface area contributed by atoms with Gasteiger partial charge >= 0.3 is 0 Å². The van der Waals surface area contributed by atoms with Crippen LogP contribution in [0.3, 0.4) is 0 Å². The van der Waals surface area contributed by atoms with Crippen LogP contribution >= 0.6 is 0 Å². The van der Waals surface area contributed by atoms with E-state index in [2.05, 4.69) is 10.6 Å². The molecule has 2 aromatic rings. The van der Waals surface area contributed by atoms with E-state index in [0.29, 0.717) is 29.5 Å². The normalized spacial score (nSPS) is 14.2. The average molecular weight is 418 g/mol. The Morgan fingerprint density at radius 1 is 1.28 bits per heavy atom. The van der Waals surface area contributed by atoms with Gasteiger partial charge in [0, 0.05) is 6.42 Å². The molecule has 0 saturated heterocycles. The molecule has 2 N–H and O–H groups in total. The molecule has 9 heteroatoms. The molecule has 8 nitrogen and oxygen atoms in total. The number of hydrogen-bond acceptors (Lipinski definition) is 6. The van der Waals surface area contributed by atoms with E-state index in [1.54, 1.807) is 24.3 Å². The van der Waals surface area contributed by atoms with Crippen molar-refractivity contribution in [1.82, 2.24) is 0 Å². The summed E-state index contributed by atoms with van der Waals surface area (Å²) in [5, 5.41) is 4.31. The standard InChI is InChI=1S/C20H22N2O6S/c1-3-27-17-7-5-4-6-15(17)21-19(23)10-13(2)29(25,26)14-8-9-18-16(11-14)22-20(24)12-28-18/h4-9,11,13H,3,10,12H2,1-2H3,(H,21,23)(H,22,24)/t13-/m0/s1. The third kappa shape index (κ3) is 4.68. The molecule has 3 rings (SSSR count). The van der Waals surface area contributed by atoms with Crippen LogP contribution in [0.1, 0.15) is 20.3 Å². The highest BCUT2D eigenvalue weighted by Gasteiger charge is 2.28. The lowest BCUT2D eigenvalue weighted by atomic mass is 10.2. The van der Waals surface area contributed by atoms with Gasteiger partial charge in [-0.2, -0.15) is 0 Å². The van der Waals surface area contributed by atoms with E-state index >= 15 is 0 Å². The van der Waals surface area contributed by atoms with Crippen molar-refractivity contribution in [1.29, 1.82) is 0 Å². The van der Waals surface area contributed by atoms with Gasteiger partial charge in [-0.05, 0) is 44.2 Å². The van der Waals surface area contributed by atoms with Crippen molar-refractivity contribution in [2.24, 2.45) is 0 Å². The van der Waals surface area contributed by atoms with Crippen LogP contribution < -0.4 is 20.1 Å². The number of amides is 2. The number of rotatable bonds is 7. The third-order valence-electron chi connectivity index (χ3n) is 4.38. The molecule has 1 atom stereocenters. The SMILES string of the molecule is CCOc1ccccc1NC(=O)C[C@H](C)S(=O)(=O)c1ccc2c(c1)NC(=O)CO2. The summed E-state index contributed by atoms with van der Waals surface area (Å²) in [4.78, 5) is 23.9. The van der Waals surface area contributed by atoms with Crippen LogP contribution in [-0.2, 0) is 19.4 Å². The second-order valence-corrected chi connectivity index (χ2v) is 8.90. The van der Waals surface area contributed by atoms with Crippen molar-refractivity contribution in [3.63, 3.8) is 0 Å². The zero-order valence-electron chi connectivity index (χ0n) is 16.1. The van der Waals surface area contributed by atoms with Gasteiger partial charge in [0.2, 0.25) is 5.91 Å². The number of carbonyl (C=O) groups is 2. The van der Waals surface area contributed by atoms with Gasteiger partial charge in [-0.3, -0.25) is 9.59 Å². The van der Waals surface area contributed by atoms with Crippen molar-refractivity contribution >= 4 is 33.0 Å². The number of para-hydroxylation sites is 2. The van der Waals surface area contributed by atoms with Crippen molar-refractivity contribution in [3.8, 4) is 11.5 Å². The van der Waals surface area contributed by atoms with Crippen molar-refractivity contribution in [2.75, 3.05) is 23.8 Å². The molecule has 2 aromatic carbocycles. The second kappa shape index (κ2) is 8.52. The summed E-state index contributed by atoms with van der Waals surface area (Å²) < 4.78 is 36.5. The molecule has 0 unspecified atom stereocenters. The summed E-state index contributed by atoms with van der Waals surface area (Å²) in [6.07, 6.45) is -0.233. The van der Waals surface area contributed by atoms with Gasteiger partial charge in [0.25, 0.3) is 5.91 Å². The Morgan fingerprint density at radius 2 is 2.03 bits per heavy atom. The summed E-state index contributed by atoms with van der Waals surface area (Å²) in [5.74, 6) is 0.126. The minimum Gasteiger partial charge on any atom is -0.492 e. The van der Waals surface area contributed by atoms with E-state index in [-0.39, 0.29) is 23.8 Å². The molecule has 2 amide bonds. The van der Waals surface area contributed by atoms with Crippen molar-refractivity contribution < 1.29 is 27.5 Å². The van der Waals surface area contributed by atoms with Crippen molar-refractivity contribution in [3.05, 3.63) is 42.5 Å². The maximum Gasteiger partial charge on any atom is 0.262 e. The second-order valence-electron chi connectivity index (χ2n) is 6.53. The van der Waals surface area contributed by atoms with Crippen LogP contribution in [0.4, 0.5) is 11.4 Å². The average Bonchev–Trinajstić information content (AvgIpc) is 2.69. The van der Waals surface area contributed by atoms with Crippen LogP contribution in [0.25, 0.3) is 0 Å². The number of sulfone groups is 1. The summed E-state index contributed by atoms with van der Waals surface area (Å²) in [7, 11) is -3.80. The number of nitrogens with one attached hydrogen (secondary N) is 2. The van der Waals surface area contributed by atoms with E-state index in [1.807, 2.05) is 6.92 Å². The van der Waals surface area contributed by atoms with Crippen LogP contribution in [0, 0.1) is 0 Å². The first-order valence-electron chi connectivity index (χ1n) is 9.13. The largest absolute Gasteiger partial charge is 0.492 e. The molecule has 0 bridgehead atoms. The lowest BCUT2D eigenvalue weighted by molar-refractivity contribution is -0.118. The number of anilines is 2. The highest BCUT2D eigenvalue weighted by atomic mass is 32.2. The monoisotopic (exact) mass is 418 g/mol. The number of fused-ring (bicyclic) bond motifs is 1. The molecule has 1 heterocycles. The van der Waals surface area contributed by atoms with E-state index in [4.69, 9.17) is 9.47 Å². The first kappa shape index (κ1) is 20.7. The fourth-order valence-corrected chi connectivity index (χ4v) is 4.27. The molecule has 0 fully saturated rings. The zero-order valence-corrected chi connectivity index (χ0v) is 16.9. The Labute approximate surface area is 169 Å². The maximum atomic E-state index is 12.9. The van der Waals surface area contributed by atoms with Crippen LogP contribution in [-0.4, -0.2) is 38.7 Å². The van der Waals surface area contributed by atoms with Crippen LogP contribution in [0.2, 0.25) is 0 Å². The first-order valence-corrected chi connectivity index (χ1v) is 10.7. The van der Waals surface area contributed by atoms with Gasteiger partial charge in [0.05, 0.1) is 28.1 Å². The molecule has 154 valence electrons. The minimum atomic E-state index is -3.80. The lowest BCUT2D eigenvalue weighted by Crippen LogP contribution is -2.27. The molecular weight excluding hydrogens is 396 g/mol. The smallest absolute Gasteiger partial charge is 0.262 e. The van der Waals surface area contributed by atoms with Gasteiger partial charge in [-0.25, -0.2) is 8.42 Å². The predicted molar refractivity (Wildman–Crippen MR) is 108 cm³/mol. The Kier molecular flexibility index (Phi) is 6.07. The molecule has 29 heavy (non-hydrogen) atoms. The van der Waals surface area contributed by atoms with Crippen LogP contribution in [0.15, 0.2) is 47.4 Å². The van der Waals surface area contributed by atoms with Crippen LogP contribution in [0.5, 0.6) is 11.5 Å². The summed E-state index contributed by atoms with van der Waals surface area (Å²) >= 11 is 0. The predicted octanol–water partition coefficient (Wildman–Crippen LogP) is 2.61. The molecule has 0 radical (unpaired) electrons. The molecule has 0 saturated carbocycles. The molecule has 0 spiro atoms. The fraction of sp³-hybridized carbons (Fsp3) is 0.300. The Bertz CT molecular complexity index is 1040. The quantitative estimate of drug-likeness (QED) is 0.715. The zero-order chi connectivity index (χ0) is 21.0. The number of benzene rings is 2. The summed E-state index contributed by atoms with van der Waals surface area (Å²) in [6.45, 7) is 3.63. The van der Waals surface area contributed by atoms with E-state index in [9.17, 15) is 18.0 Å². The maximum absolute atomic E-state index is 12.9. The molecule has 0 aromatic heterocycles. The van der Waals surface area contributed by atoms with Gasteiger partial charge in [-0.15, -0.1) is 0 Å². The molecule has 1 aliphatic heterocycles. The molecular formula is C20H22N2O6S. The summed E-state index contributed by atoms with van der Waals surface area (Å²) in [5.41, 5.74) is 0.780. The third-order valence-corrected chi connectivity index (χ3v) is 6.51. The number of hydrogen-bond donors (Lipinski definition) is 2. The Morgan fingerprint density at radius 3 is 2.79 bits per heavy atom. The van der Waals surface area contributed by atoms with Gasteiger partial charge in [0.1, 0.15) is 11.5 Å². The van der Waals surface area contributed by atoms with Gasteiger partial charge in [-0.1, -0.05) is 12.1 Å². The number of ether oxygens (including phenoxy) is 2. The topological polar surface area (TPSA) is 111 Å². The van der Waals surface area contributed by atoms with E-state index < -0.39 is 21.0 Å². The molecule has 1 aliphatic rings. The fourth-order valence-electron chi connectivity index (χ4n) is 2.89. The van der Waals surface area contributed by atoms with Gasteiger partial charge in [0.15, 0.2) is 16.4 Å². The minimum absolute atomic E-state index is 0.0112. The van der Waals surface area contributed by atoms with E-state index in [1.165, 1.54) is 25.1 Å². The lowest BCUT2D eigenvalue weighted by Gasteiger charge is -2.19. The number of carbonyl (C=O) groups excluding carboxylic acids is 2. The summed E-state index contributed by atoms with van der Waals surface area (Å²) in [6, 6.07) is 11.2. The Hall–Kier alpha value is -3.07. The highest BCUT2D eigenvalue weighted by Crippen LogP contribution is 2.32. The highest BCUT2D eigenvalue weighted by molar-refractivity contribution is 7.92. The Balaban J connectivity index is 1.73. The first-order chi connectivity index (χ1) is 13.8. The van der Waals surface area contributed by atoms with Gasteiger partial charge < -0.3 is 20.1 Å². The molecule has 0 aliphatic carbocycles. The van der Waals surface area contributed by atoms with E-state index in [0.717, 1.165) is 0 Å².